The van der Waals surface area contributed by atoms with Gasteiger partial charge in [-0.25, -0.2) is 13.8 Å². The molecule has 0 bridgehead atoms. The molecule has 2 heterocycles. The molecule has 4 aromatic rings. The van der Waals surface area contributed by atoms with Gasteiger partial charge in [0.2, 0.25) is 17.0 Å². The SMILES string of the molecule is O=C(CCc1nc(CSc2n[nH]c(-c3ccc(F)cc3)n2)no1)Nc1ccc(Cl)cc1F. The number of hydrogen-bond acceptors (Lipinski definition) is 7. The maximum Gasteiger partial charge on any atom is 0.227 e. The molecule has 2 N–H and O–H groups in total. The Hall–Kier alpha value is -3.31. The van der Waals surface area contributed by atoms with Crippen LogP contribution >= 0.6 is 23.4 Å². The summed E-state index contributed by atoms with van der Waals surface area (Å²) in [6.45, 7) is 0. The number of carbonyl (C=O) groups excluding carboxylic acids is 1. The normalized spacial score (nSPS) is 11.0. The number of hydrogen-bond donors (Lipinski definition) is 2. The second kappa shape index (κ2) is 9.88. The first-order chi connectivity index (χ1) is 15.5. The van der Waals surface area contributed by atoms with E-state index in [1.807, 2.05) is 0 Å². The van der Waals surface area contributed by atoms with Gasteiger partial charge in [-0.3, -0.25) is 9.89 Å². The molecule has 0 aliphatic carbocycles. The van der Waals surface area contributed by atoms with Crippen molar-refractivity contribution in [3.63, 3.8) is 0 Å². The van der Waals surface area contributed by atoms with Crippen LogP contribution in [-0.2, 0) is 17.0 Å². The van der Waals surface area contributed by atoms with Gasteiger partial charge < -0.3 is 9.84 Å². The fourth-order valence-electron chi connectivity index (χ4n) is 2.65. The number of halogens is 3. The van der Waals surface area contributed by atoms with Crippen molar-refractivity contribution in [2.45, 2.75) is 23.8 Å². The second-order valence-electron chi connectivity index (χ2n) is 6.54. The smallest absolute Gasteiger partial charge is 0.227 e. The third-order valence-corrected chi connectivity index (χ3v) is 5.27. The number of aromatic amines is 1. The molecule has 8 nitrogen and oxygen atoms in total. The summed E-state index contributed by atoms with van der Waals surface area (Å²) in [6.07, 6.45) is 0.243. The van der Waals surface area contributed by atoms with Crippen LogP contribution in [0.2, 0.25) is 5.02 Å². The summed E-state index contributed by atoms with van der Waals surface area (Å²) >= 11 is 6.98. The molecule has 0 saturated heterocycles. The molecule has 1 amide bonds. The zero-order chi connectivity index (χ0) is 22.5. The van der Waals surface area contributed by atoms with Crippen molar-refractivity contribution < 1.29 is 18.1 Å². The van der Waals surface area contributed by atoms with Gasteiger partial charge in [0, 0.05) is 23.4 Å². The Bertz CT molecular complexity index is 1230. The van der Waals surface area contributed by atoms with E-state index in [1.54, 1.807) is 12.1 Å². The van der Waals surface area contributed by atoms with Crippen molar-refractivity contribution in [2.24, 2.45) is 0 Å². The molecule has 2 aromatic carbocycles. The number of rotatable bonds is 8. The molecule has 0 unspecified atom stereocenters. The van der Waals surface area contributed by atoms with E-state index in [1.165, 1.54) is 36.0 Å². The van der Waals surface area contributed by atoms with E-state index in [0.717, 1.165) is 6.07 Å². The maximum absolute atomic E-state index is 13.7. The highest BCUT2D eigenvalue weighted by atomic mass is 35.5. The van der Waals surface area contributed by atoms with Crippen LogP contribution in [0.5, 0.6) is 0 Å². The summed E-state index contributed by atoms with van der Waals surface area (Å²) in [6, 6.07) is 9.90. The first kappa shape index (κ1) is 21.9. The molecule has 0 saturated carbocycles. The molecule has 164 valence electrons. The average molecular weight is 477 g/mol. The number of amides is 1. The zero-order valence-electron chi connectivity index (χ0n) is 16.3. The Kier molecular flexibility index (Phi) is 6.76. The highest BCUT2D eigenvalue weighted by Crippen LogP contribution is 2.22. The predicted octanol–water partition coefficient (Wildman–Crippen LogP) is 4.65. The van der Waals surface area contributed by atoms with Crippen molar-refractivity contribution in [1.29, 1.82) is 0 Å². The summed E-state index contributed by atoms with van der Waals surface area (Å²) in [5.41, 5.74) is 0.762. The average Bonchev–Trinajstić information content (AvgIpc) is 3.43. The lowest BCUT2D eigenvalue weighted by molar-refractivity contribution is -0.116. The number of nitrogens with one attached hydrogen (secondary N) is 2. The van der Waals surface area contributed by atoms with Gasteiger partial charge in [-0.1, -0.05) is 28.5 Å². The summed E-state index contributed by atoms with van der Waals surface area (Å²) in [4.78, 5) is 20.6. The third kappa shape index (κ3) is 5.68. The molecule has 0 aliphatic rings. The summed E-state index contributed by atoms with van der Waals surface area (Å²) < 4.78 is 31.9. The van der Waals surface area contributed by atoms with E-state index in [9.17, 15) is 13.6 Å². The van der Waals surface area contributed by atoms with Crippen LogP contribution in [0, 0.1) is 11.6 Å². The first-order valence-electron chi connectivity index (χ1n) is 9.34. The Morgan fingerprint density at radius 1 is 1.16 bits per heavy atom. The molecule has 4 rings (SSSR count). The van der Waals surface area contributed by atoms with Gasteiger partial charge in [-0.15, -0.1) is 5.10 Å². The Labute approximate surface area is 189 Å². The molecule has 0 spiro atoms. The summed E-state index contributed by atoms with van der Waals surface area (Å²) in [5.74, 6) is 0.241. The minimum atomic E-state index is -0.613. The van der Waals surface area contributed by atoms with E-state index in [2.05, 4.69) is 30.6 Å². The molecule has 2 aromatic heterocycles. The van der Waals surface area contributed by atoms with Crippen LogP contribution in [-0.4, -0.2) is 31.2 Å². The van der Waals surface area contributed by atoms with Gasteiger partial charge >= 0.3 is 0 Å². The number of anilines is 1. The lowest BCUT2D eigenvalue weighted by Crippen LogP contribution is -2.13. The Morgan fingerprint density at radius 3 is 2.75 bits per heavy atom. The number of H-pyrrole nitrogens is 1. The van der Waals surface area contributed by atoms with E-state index >= 15 is 0 Å². The van der Waals surface area contributed by atoms with Gasteiger partial charge in [0.1, 0.15) is 11.6 Å². The number of benzene rings is 2. The highest BCUT2D eigenvalue weighted by Gasteiger charge is 2.13. The molecule has 0 radical (unpaired) electrons. The number of thioether (sulfide) groups is 1. The van der Waals surface area contributed by atoms with Gasteiger partial charge in [0.25, 0.3) is 0 Å². The summed E-state index contributed by atoms with van der Waals surface area (Å²) in [5, 5.41) is 14.0. The van der Waals surface area contributed by atoms with Crippen molar-refractivity contribution >= 4 is 35.0 Å². The van der Waals surface area contributed by atoms with E-state index in [4.69, 9.17) is 16.1 Å². The van der Waals surface area contributed by atoms with Crippen molar-refractivity contribution in [2.75, 3.05) is 5.32 Å². The lowest BCUT2D eigenvalue weighted by Gasteiger charge is -2.05. The zero-order valence-corrected chi connectivity index (χ0v) is 17.9. The number of carbonyl (C=O) groups is 1. The maximum atomic E-state index is 13.7. The predicted molar refractivity (Wildman–Crippen MR) is 114 cm³/mol. The molecular weight excluding hydrogens is 462 g/mol. The molecule has 32 heavy (non-hydrogen) atoms. The van der Waals surface area contributed by atoms with Gasteiger partial charge in [0.05, 0.1) is 11.4 Å². The van der Waals surface area contributed by atoms with E-state index in [0.29, 0.717) is 28.1 Å². The number of nitrogens with zero attached hydrogens (tertiary/aromatic N) is 4. The highest BCUT2D eigenvalue weighted by molar-refractivity contribution is 7.98. The van der Waals surface area contributed by atoms with Crippen molar-refractivity contribution in [3.05, 3.63) is 70.8 Å². The third-order valence-electron chi connectivity index (χ3n) is 4.19. The lowest BCUT2D eigenvalue weighted by atomic mass is 10.2. The van der Waals surface area contributed by atoms with Crippen LogP contribution in [0.25, 0.3) is 11.4 Å². The Balaban J connectivity index is 1.26. The van der Waals surface area contributed by atoms with Gasteiger partial charge in [-0.05, 0) is 42.5 Å². The van der Waals surface area contributed by atoms with Crippen LogP contribution in [0.4, 0.5) is 14.5 Å². The minimum absolute atomic E-state index is 0.0405. The number of aryl methyl sites for hydroxylation is 1. The molecule has 12 heteroatoms. The standard InChI is InChI=1S/C20H15ClF2N6O2S/c21-12-3-6-15(14(23)9-12)24-17(30)7-8-18-25-16(29-31-18)10-32-20-26-19(27-28-20)11-1-4-13(22)5-2-11/h1-6,9H,7-8,10H2,(H,24,30)(H,26,27,28). The van der Waals surface area contributed by atoms with Crippen molar-refractivity contribution in [1.82, 2.24) is 25.3 Å². The first-order valence-corrected chi connectivity index (χ1v) is 10.7. The van der Waals surface area contributed by atoms with Gasteiger partial charge in [-0.2, -0.15) is 4.98 Å². The largest absolute Gasteiger partial charge is 0.339 e. The quantitative estimate of drug-likeness (QED) is 0.356. The topological polar surface area (TPSA) is 110 Å². The summed E-state index contributed by atoms with van der Waals surface area (Å²) in [7, 11) is 0. The minimum Gasteiger partial charge on any atom is -0.339 e. The van der Waals surface area contributed by atoms with Crippen LogP contribution in [0.15, 0.2) is 52.1 Å². The number of aromatic nitrogens is 5. The van der Waals surface area contributed by atoms with E-state index in [-0.39, 0.29) is 35.3 Å². The van der Waals surface area contributed by atoms with Crippen LogP contribution in [0.1, 0.15) is 18.1 Å². The second-order valence-corrected chi connectivity index (χ2v) is 7.92. The van der Waals surface area contributed by atoms with Crippen molar-refractivity contribution in [3.8, 4) is 11.4 Å². The van der Waals surface area contributed by atoms with Gasteiger partial charge in [0.15, 0.2) is 11.6 Å². The molecule has 0 fully saturated rings. The molecule has 0 aliphatic heterocycles. The molecule has 0 atom stereocenters. The fourth-order valence-corrected chi connectivity index (χ4v) is 3.45. The fraction of sp³-hybridized carbons (Fsp3) is 0.150. The monoisotopic (exact) mass is 476 g/mol. The Morgan fingerprint density at radius 2 is 1.97 bits per heavy atom. The van der Waals surface area contributed by atoms with Crippen LogP contribution < -0.4 is 5.32 Å². The van der Waals surface area contributed by atoms with E-state index < -0.39 is 11.7 Å². The molecular formula is C20H15ClF2N6O2S. The van der Waals surface area contributed by atoms with Crippen LogP contribution in [0.3, 0.4) is 0 Å².